The van der Waals surface area contributed by atoms with Crippen LogP contribution in [0.15, 0.2) is 52.4 Å². The summed E-state index contributed by atoms with van der Waals surface area (Å²) in [7, 11) is 0. The molecule has 0 saturated heterocycles. The molecule has 6 heteroatoms. The van der Waals surface area contributed by atoms with Gasteiger partial charge in [-0.3, -0.25) is 10.1 Å². The quantitative estimate of drug-likeness (QED) is 0.667. The van der Waals surface area contributed by atoms with E-state index in [1.807, 2.05) is 25.1 Å². The van der Waals surface area contributed by atoms with Crippen LogP contribution in [0.1, 0.15) is 6.92 Å². The Kier molecular flexibility index (Phi) is 4.35. The van der Waals surface area contributed by atoms with Gasteiger partial charge in [-0.25, -0.2) is 4.98 Å². The van der Waals surface area contributed by atoms with E-state index in [0.717, 1.165) is 17.4 Å². The van der Waals surface area contributed by atoms with Crippen molar-refractivity contribution in [2.24, 2.45) is 0 Å². The van der Waals surface area contributed by atoms with Crippen molar-refractivity contribution in [3.8, 4) is 0 Å². The first-order chi connectivity index (χ1) is 9.20. The molecule has 1 aromatic carbocycles. The van der Waals surface area contributed by atoms with Gasteiger partial charge in [-0.1, -0.05) is 30.0 Å². The zero-order valence-corrected chi connectivity index (χ0v) is 11.2. The Morgan fingerprint density at radius 2 is 2.05 bits per heavy atom. The van der Waals surface area contributed by atoms with Crippen LogP contribution in [0.25, 0.3) is 0 Å². The minimum atomic E-state index is -0.378. The summed E-state index contributed by atoms with van der Waals surface area (Å²) in [5.41, 5.74) is 0.100. The van der Waals surface area contributed by atoms with Gasteiger partial charge in [0.25, 0.3) is 5.69 Å². The van der Waals surface area contributed by atoms with Crippen LogP contribution < -0.4 is 5.32 Å². The van der Waals surface area contributed by atoms with Gasteiger partial charge >= 0.3 is 0 Å². The van der Waals surface area contributed by atoms with E-state index in [-0.39, 0.29) is 10.6 Å². The first-order valence-electron chi connectivity index (χ1n) is 5.83. The maximum Gasteiger partial charge on any atom is 0.283 e. The van der Waals surface area contributed by atoms with E-state index < -0.39 is 0 Å². The van der Waals surface area contributed by atoms with Crippen molar-refractivity contribution in [1.82, 2.24) is 4.98 Å². The van der Waals surface area contributed by atoms with Crippen LogP contribution >= 0.6 is 11.8 Å². The van der Waals surface area contributed by atoms with E-state index in [9.17, 15) is 10.1 Å². The Labute approximate surface area is 115 Å². The lowest BCUT2D eigenvalue weighted by Crippen LogP contribution is -1.99. The fourth-order valence-electron chi connectivity index (χ4n) is 1.56. The number of rotatable bonds is 5. The number of hydrogen-bond acceptors (Lipinski definition) is 5. The number of aromatic nitrogens is 1. The highest BCUT2D eigenvalue weighted by atomic mass is 32.2. The topological polar surface area (TPSA) is 68.1 Å². The highest BCUT2D eigenvalue weighted by molar-refractivity contribution is 7.99. The van der Waals surface area contributed by atoms with Crippen LogP contribution in [0.4, 0.5) is 11.5 Å². The molecule has 0 aliphatic carbocycles. The molecule has 2 rings (SSSR count). The van der Waals surface area contributed by atoms with Gasteiger partial charge in [0.2, 0.25) is 0 Å². The van der Waals surface area contributed by atoms with Crippen LogP contribution in [0.3, 0.4) is 0 Å². The smallest absolute Gasteiger partial charge is 0.283 e. The molecule has 0 aliphatic rings. The van der Waals surface area contributed by atoms with Crippen LogP contribution in [0.5, 0.6) is 0 Å². The van der Waals surface area contributed by atoms with Gasteiger partial charge in [-0.2, -0.15) is 0 Å². The summed E-state index contributed by atoms with van der Waals surface area (Å²) in [6.07, 6.45) is 0. The average molecular weight is 275 g/mol. The SMILES string of the molecule is CCNc1cccc(Sc2ccccc2[N+](=O)[O-])n1. The van der Waals surface area contributed by atoms with Gasteiger partial charge in [0, 0.05) is 12.6 Å². The maximum atomic E-state index is 10.9. The molecule has 0 radical (unpaired) electrons. The lowest BCUT2D eigenvalue weighted by Gasteiger charge is -2.05. The number of nitrogens with one attached hydrogen (secondary N) is 1. The molecule has 0 aliphatic heterocycles. The van der Waals surface area contributed by atoms with Crippen molar-refractivity contribution in [2.45, 2.75) is 16.8 Å². The number of anilines is 1. The molecule has 0 unspecified atom stereocenters. The Morgan fingerprint density at radius 1 is 1.26 bits per heavy atom. The predicted molar refractivity (Wildman–Crippen MR) is 75.6 cm³/mol. The summed E-state index contributed by atoms with van der Waals surface area (Å²) in [4.78, 5) is 15.5. The van der Waals surface area contributed by atoms with Crippen molar-refractivity contribution in [3.05, 3.63) is 52.6 Å². The maximum absolute atomic E-state index is 10.9. The van der Waals surface area contributed by atoms with E-state index in [4.69, 9.17) is 0 Å². The molecule has 1 aromatic heterocycles. The highest BCUT2D eigenvalue weighted by Crippen LogP contribution is 2.33. The third kappa shape index (κ3) is 3.45. The molecule has 1 heterocycles. The van der Waals surface area contributed by atoms with E-state index in [1.54, 1.807) is 18.2 Å². The molecule has 0 bridgehead atoms. The van der Waals surface area contributed by atoms with E-state index >= 15 is 0 Å². The van der Waals surface area contributed by atoms with Crippen molar-refractivity contribution in [1.29, 1.82) is 0 Å². The molecule has 0 amide bonds. The standard InChI is InChI=1S/C13H13N3O2S/c1-2-14-12-8-5-9-13(15-12)19-11-7-4-3-6-10(11)16(17)18/h3-9H,2H2,1H3,(H,14,15). The van der Waals surface area contributed by atoms with Crippen molar-refractivity contribution < 1.29 is 4.92 Å². The fraction of sp³-hybridized carbons (Fsp3) is 0.154. The molecule has 2 aromatic rings. The van der Waals surface area contributed by atoms with Crippen LogP contribution in [-0.4, -0.2) is 16.5 Å². The molecule has 98 valence electrons. The third-order valence-corrected chi connectivity index (χ3v) is 3.36. The molecule has 1 N–H and O–H groups in total. The lowest BCUT2D eigenvalue weighted by atomic mass is 10.3. The first-order valence-corrected chi connectivity index (χ1v) is 6.64. The van der Waals surface area contributed by atoms with Gasteiger partial charge in [-0.15, -0.1) is 0 Å². The number of pyridine rings is 1. The molecule has 0 spiro atoms. The normalized spacial score (nSPS) is 10.2. The van der Waals surface area contributed by atoms with E-state index in [1.165, 1.54) is 17.8 Å². The molecule has 0 saturated carbocycles. The van der Waals surface area contributed by atoms with Gasteiger partial charge in [0.15, 0.2) is 0 Å². The largest absolute Gasteiger partial charge is 0.370 e. The monoisotopic (exact) mass is 275 g/mol. The number of para-hydroxylation sites is 1. The highest BCUT2D eigenvalue weighted by Gasteiger charge is 2.14. The minimum absolute atomic E-state index is 0.100. The number of hydrogen-bond donors (Lipinski definition) is 1. The summed E-state index contributed by atoms with van der Waals surface area (Å²) in [6, 6.07) is 12.2. The molecule has 0 fully saturated rings. The zero-order chi connectivity index (χ0) is 13.7. The molecular formula is C13H13N3O2S. The summed E-state index contributed by atoms with van der Waals surface area (Å²) in [6.45, 7) is 2.77. The molecule has 19 heavy (non-hydrogen) atoms. The number of benzene rings is 1. The van der Waals surface area contributed by atoms with E-state index in [0.29, 0.717) is 4.90 Å². The third-order valence-electron chi connectivity index (χ3n) is 2.36. The van der Waals surface area contributed by atoms with Crippen molar-refractivity contribution in [3.63, 3.8) is 0 Å². The molecular weight excluding hydrogens is 262 g/mol. The second-order valence-corrected chi connectivity index (χ2v) is 4.78. The zero-order valence-electron chi connectivity index (χ0n) is 10.4. The van der Waals surface area contributed by atoms with Crippen LogP contribution in [0.2, 0.25) is 0 Å². The van der Waals surface area contributed by atoms with Gasteiger partial charge < -0.3 is 5.32 Å². The molecule has 5 nitrogen and oxygen atoms in total. The van der Waals surface area contributed by atoms with Crippen molar-refractivity contribution in [2.75, 3.05) is 11.9 Å². The van der Waals surface area contributed by atoms with Crippen molar-refractivity contribution >= 4 is 23.3 Å². The van der Waals surface area contributed by atoms with Gasteiger partial charge in [-0.05, 0) is 25.1 Å². The second kappa shape index (κ2) is 6.19. The fourth-order valence-corrected chi connectivity index (χ4v) is 2.47. The van der Waals surface area contributed by atoms with E-state index in [2.05, 4.69) is 10.3 Å². The summed E-state index contributed by atoms with van der Waals surface area (Å²) in [5, 5.41) is 14.8. The second-order valence-electron chi connectivity index (χ2n) is 3.72. The Balaban J connectivity index is 2.26. The summed E-state index contributed by atoms with van der Waals surface area (Å²) in [5.74, 6) is 0.770. The minimum Gasteiger partial charge on any atom is -0.370 e. The van der Waals surface area contributed by atoms with Gasteiger partial charge in [0.05, 0.1) is 9.82 Å². The summed E-state index contributed by atoms with van der Waals surface area (Å²) >= 11 is 1.29. The predicted octanol–water partition coefficient (Wildman–Crippen LogP) is 3.57. The number of nitrogens with zero attached hydrogens (tertiary/aromatic N) is 2. The number of nitro groups is 1. The average Bonchev–Trinajstić information content (AvgIpc) is 2.40. The summed E-state index contributed by atoms with van der Waals surface area (Å²) < 4.78 is 0. The number of nitro benzene ring substituents is 1. The van der Waals surface area contributed by atoms with Crippen LogP contribution in [-0.2, 0) is 0 Å². The molecule has 0 atom stereocenters. The Bertz CT molecular complexity index is 590. The van der Waals surface area contributed by atoms with Crippen LogP contribution in [0, 0.1) is 10.1 Å². The Morgan fingerprint density at radius 3 is 2.79 bits per heavy atom. The first kappa shape index (κ1) is 13.4. The van der Waals surface area contributed by atoms with Gasteiger partial charge in [0.1, 0.15) is 10.8 Å². The lowest BCUT2D eigenvalue weighted by molar-refractivity contribution is -0.387. The Hall–Kier alpha value is -2.08.